The number of para-hydroxylation sites is 1. The van der Waals surface area contributed by atoms with Gasteiger partial charge in [0.1, 0.15) is 0 Å². The van der Waals surface area contributed by atoms with Gasteiger partial charge in [-0.3, -0.25) is 19.2 Å². The molecule has 36 heavy (non-hydrogen) atoms. The minimum absolute atomic E-state index is 0.0258. The normalized spacial score (nSPS) is 19.0. The topological polar surface area (TPSA) is 103 Å². The lowest BCUT2D eigenvalue weighted by atomic mass is 10.0. The molecule has 1 atom stereocenters. The number of amides is 2. The van der Waals surface area contributed by atoms with Crippen molar-refractivity contribution in [1.82, 2.24) is 14.8 Å². The average Bonchev–Trinajstić information content (AvgIpc) is 3.54. The molecule has 0 bridgehead atoms. The number of carbonyl (C=O) groups is 2. The molecular formula is C25H27N5O4S2. The summed E-state index contributed by atoms with van der Waals surface area (Å²) in [7, 11) is -3.40. The maximum atomic E-state index is 12.9. The van der Waals surface area contributed by atoms with Crippen molar-refractivity contribution in [2.75, 3.05) is 48.6 Å². The van der Waals surface area contributed by atoms with E-state index in [-0.39, 0.29) is 17.9 Å². The molecule has 2 aliphatic heterocycles. The van der Waals surface area contributed by atoms with Crippen LogP contribution in [0.1, 0.15) is 16.2 Å². The first-order valence-electron chi connectivity index (χ1n) is 11.7. The third-order valence-electron chi connectivity index (χ3n) is 6.55. The van der Waals surface area contributed by atoms with Crippen LogP contribution in [0.5, 0.6) is 0 Å². The first-order chi connectivity index (χ1) is 17.3. The van der Waals surface area contributed by atoms with Crippen LogP contribution in [0, 0.1) is 0 Å². The van der Waals surface area contributed by atoms with Gasteiger partial charge < -0.3 is 9.80 Å². The van der Waals surface area contributed by atoms with Crippen LogP contribution in [-0.4, -0.2) is 80.0 Å². The Kier molecular flexibility index (Phi) is 6.78. The summed E-state index contributed by atoms with van der Waals surface area (Å²) in [4.78, 5) is 35.5. The first kappa shape index (κ1) is 24.4. The number of hydrogen-bond acceptors (Lipinski definition) is 7. The number of sulfonamides is 1. The second-order valence-electron chi connectivity index (χ2n) is 8.99. The molecule has 2 saturated heterocycles. The van der Waals surface area contributed by atoms with Gasteiger partial charge in [-0.2, -0.15) is 0 Å². The highest BCUT2D eigenvalue weighted by molar-refractivity contribution is 7.92. The van der Waals surface area contributed by atoms with E-state index in [1.165, 1.54) is 11.3 Å². The lowest BCUT2D eigenvalue weighted by molar-refractivity contribution is -0.117. The highest BCUT2D eigenvalue weighted by Crippen LogP contribution is 2.32. The summed E-state index contributed by atoms with van der Waals surface area (Å²) in [5.74, 6) is 0.0513. The molecule has 2 amide bonds. The molecular weight excluding hydrogens is 498 g/mol. The molecule has 2 aromatic carbocycles. The Morgan fingerprint density at radius 2 is 1.78 bits per heavy atom. The van der Waals surface area contributed by atoms with Crippen LogP contribution in [0.15, 0.2) is 60.1 Å². The molecule has 3 aromatic rings. The van der Waals surface area contributed by atoms with Crippen molar-refractivity contribution in [2.45, 2.75) is 12.5 Å². The number of nitrogens with zero attached hydrogens (tertiary/aromatic N) is 4. The maximum absolute atomic E-state index is 12.9. The third-order valence-corrected chi connectivity index (χ3v) is 7.90. The van der Waals surface area contributed by atoms with Crippen molar-refractivity contribution < 1.29 is 18.0 Å². The number of anilines is 2. The van der Waals surface area contributed by atoms with Gasteiger partial charge in [0.05, 0.1) is 11.9 Å². The predicted octanol–water partition coefficient (Wildman–Crippen LogP) is 2.74. The standard InChI is InChI=1S/C25H27N5O4S2/c1-36(33,34)27-22-5-3-2-4-21(22)18-6-8-19(9-7-18)30-17-20(16-23(30)31)28-11-13-29(14-12-28)25(32)24-26-10-15-35-24/h2-10,15,20,27H,11-14,16-17H2,1H3. The number of nitrogens with one attached hydrogen (secondary N) is 1. The van der Waals surface area contributed by atoms with E-state index in [4.69, 9.17) is 0 Å². The highest BCUT2D eigenvalue weighted by Gasteiger charge is 2.36. The fourth-order valence-electron chi connectivity index (χ4n) is 4.78. The molecule has 188 valence electrons. The summed E-state index contributed by atoms with van der Waals surface area (Å²) >= 11 is 1.35. The molecule has 5 rings (SSSR count). The number of piperazine rings is 1. The van der Waals surface area contributed by atoms with E-state index < -0.39 is 10.0 Å². The molecule has 2 fully saturated rings. The lowest BCUT2D eigenvalue weighted by Crippen LogP contribution is -2.52. The molecule has 2 aliphatic rings. The lowest BCUT2D eigenvalue weighted by Gasteiger charge is -2.37. The van der Waals surface area contributed by atoms with Gasteiger partial charge in [0.2, 0.25) is 15.9 Å². The van der Waals surface area contributed by atoms with Crippen molar-refractivity contribution in [1.29, 1.82) is 0 Å². The van der Waals surface area contributed by atoms with Crippen molar-refractivity contribution in [3.05, 3.63) is 65.1 Å². The zero-order valence-corrected chi connectivity index (χ0v) is 21.5. The van der Waals surface area contributed by atoms with E-state index in [2.05, 4.69) is 14.6 Å². The fraction of sp³-hybridized carbons (Fsp3) is 0.320. The summed E-state index contributed by atoms with van der Waals surface area (Å²) in [6.07, 6.45) is 3.22. The van der Waals surface area contributed by atoms with Gasteiger partial charge in [-0.25, -0.2) is 13.4 Å². The van der Waals surface area contributed by atoms with Gasteiger partial charge in [-0.05, 0) is 23.8 Å². The Balaban J connectivity index is 1.23. The highest BCUT2D eigenvalue weighted by atomic mass is 32.2. The van der Waals surface area contributed by atoms with Gasteiger partial charge in [-0.15, -0.1) is 11.3 Å². The Hall–Kier alpha value is -3.28. The van der Waals surface area contributed by atoms with Gasteiger partial charge in [-0.1, -0.05) is 30.3 Å². The van der Waals surface area contributed by atoms with Crippen LogP contribution in [0.2, 0.25) is 0 Å². The SMILES string of the molecule is CS(=O)(=O)Nc1ccccc1-c1ccc(N2CC(N3CCN(C(=O)c4nccs4)CC3)CC2=O)cc1. The van der Waals surface area contributed by atoms with Crippen LogP contribution in [-0.2, 0) is 14.8 Å². The van der Waals surface area contributed by atoms with Gasteiger partial charge in [0.15, 0.2) is 5.01 Å². The van der Waals surface area contributed by atoms with E-state index in [1.807, 2.05) is 46.2 Å². The molecule has 0 aliphatic carbocycles. The van der Waals surface area contributed by atoms with Crippen LogP contribution in [0.3, 0.4) is 0 Å². The van der Waals surface area contributed by atoms with E-state index in [1.54, 1.807) is 23.7 Å². The third kappa shape index (κ3) is 5.28. The summed E-state index contributed by atoms with van der Waals surface area (Å²) < 4.78 is 26.0. The van der Waals surface area contributed by atoms with Crippen LogP contribution in [0.25, 0.3) is 11.1 Å². The number of benzene rings is 2. The predicted molar refractivity (Wildman–Crippen MR) is 141 cm³/mol. The van der Waals surface area contributed by atoms with Crippen LogP contribution >= 0.6 is 11.3 Å². The largest absolute Gasteiger partial charge is 0.334 e. The Morgan fingerprint density at radius 3 is 2.44 bits per heavy atom. The maximum Gasteiger partial charge on any atom is 0.282 e. The molecule has 0 saturated carbocycles. The summed E-state index contributed by atoms with van der Waals surface area (Å²) in [5, 5.41) is 2.32. The van der Waals surface area contributed by atoms with Crippen LogP contribution in [0.4, 0.5) is 11.4 Å². The van der Waals surface area contributed by atoms with Crippen molar-refractivity contribution in [3.8, 4) is 11.1 Å². The second-order valence-corrected chi connectivity index (χ2v) is 11.6. The Morgan fingerprint density at radius 1 is 1.06 bits per heavy atom. The zero-order valence-electron chi connectivity index (χ0n) is 19.8. The summed E-state index contributed by atoms with van der Waals surface area (Å²) in [6.45, 7) is 3.31. The molecule has 11 heteroatoms. The number of rotatable bonds is 6. The zero-order chi connectivity index (χ0) is 25.3. The van der Waals surface area contributed by atoms with Gasteiger partial charge in [0, 0.05) is 68.0 Å². The molecule has 1 aromatic heterocycles. The quantitative estimate of drug-likeness (QED) is 0.531. The van der Waals surface area contributed by atoms with Crippen molar-refractivity contribution >= 4 is 44.5 Å². The minimum Gasteiger partial charge on any atom is -0.334 e. The van der Waals surface area contributed by atoms with Gasteiger partial charge in [0.25, 0.3) is 5.91 Å². The molecule has 0 spiro atoms. The van der Waals surface area contributed by atoms with Crippen molar-refractivity contribution in [2.24, 2.45) is 0 Å². The monoisotopic (exact) mass is 525 g/mol. The molecule has 1 unspecified atom stereocenters. The number of hydrogen-bond donors (Lipinski definition) is 1. The fourth-order valence-corrected chi connectivity index (χ4v) is 5.96. The molecule has 9 nitrogen and oxygen atoms in total. The molecule has 0 radical (unpaired) electrons. The second kappa shape index (κ2) is 10.00. The first-order valence-corrected chi connectivity index (χ1v) is 14.5. The average molecular weight is 526 g/mol. The van der Waals surface area contributed by atoms with E-state index in [9.17, 15) is 18.0 Å². The smallest absolute Gasteiger partial charge is 0.282 e. The summed E-state index contributed by atoms with van der Waals surface area (Å²) in [5.41, 5.74) is 2.95. The number of aromatic nitrogens is 1. The Labute approximate surface area is 214 Å². The van der Waals surface area contributed by atoms with Crippen molar-refractivity contribution in [3.63, 3.8) is 0 Å². The van der Waals surface area contributed by atoms with E-state index >= 15 is 0 Å². The molecule has 3 heterocycles. The summed E-state index contributed by atoms with van der Waals surface area (Å²) in [6, 6.07) is 14.9. The number of thiazole rings is 1. The van der Waals surface area contributed by atoms with Gasteiger partial charge >= 0.3 is 0 Å². The Bertz CT molecular complexity index is 1350. The van der Waals surface area contributed by atoms with Crippen LogP contribution < -0.4 is 9.62 Å². The molecule has 1 N–H and O–H groups in total. The minimum atomic E-state index is -3.40. The van der Waals surface area contributed by atoms with E-state index in [0.29, 0.717) is 36.8 Å². The van der Waals surface area contributed by atoms with E-state index in [0.717, 1.165) is 36.2 Å². The number of carbonyl (C=O) groups excluding carboxylic acids is 2.